The Morgan fingerprint density at radius 2 is 1.68 bits per heavy atom. The van der Waals surface area contributed by atoms with E-state index in [0.717, 1.165) is 5.56 Å². The smallest absolute Gasteiger partial charge is 0.349 e. The Hall–Kier alpha value is -2.00. The topological polar surface area (TPSA) is 35.5 Å². The van der Waals surface area contributed by atoms with E-state index in [9.17, 15) is 4.79 Å². The summed E-state index contributed by atoms with van der Waals surface area (Å²) in [6.45, 7) is 1.75. The first kappa shape index (κ1) is 13.4. The quantitative estimate of drug-likeness (QED) is 0.632. The molecule has 0 aliphatic carbocycles. The Balaban J connectivity index is 1.92. The molecule has 0 spiro atoms. The van der Waals surface area contributed by atoms with Gasteiger partial charge < -0.3 is 9.47 Å². The van der Waals surface area contributed by atoms with Crippen LogP contribution in [0, 0.1) is 6.92 Å². The monoisotopic (exact) mass is 276 g/mol. The molecule has 0 radical (unpaired) electrons. The van der Waals surface area contributed by atoms with Crippen LogP contribution in [0.4, 0.5) is 0 Å². The molecule has 0 saturated carbocycles. The molecule has 4 heteroatoms. The number of hydrogen-bond donors (Lipinski definition) is 0. The molecular weight excluding hydrogens is 264 g/mol. The lowest BCUT2D eigenvalue weighted by Gasteiger charge is -2.09. The first-order valence-corrected chi connectivity index (χ1v) is 6.18. The number of hydrogen-bond acceptors (Lipinski definition) is 3. The zero-order valence-electron chi connectivity index (χ0n) is 10.4. The molecule has 0 saturated heterocycles. The Morgan fingerprint density at radius 1 is 1.05 bits per heavy atom. The third-order valence-electron chi connectivity index (χ3n) is 2.50. The zero-order chi connectivity index (χ0) is 13.7. The van der Waals surface area contributed by atoms with Crippen molar-refractivity contribution in [3.8, 4) is 11.5 Å². The number of halogens is 1. The summed E-state index contributed by atoms with van der Waals surface area (Å²) in [5.41, 5.74) is 0.966. The highest BCUT2D eigenvalue weighted by Crippen LogP contribution is 2.23. The lowest BCUT2D eigenvalue weighted by atomic mass is 10.2. The molecule has 0 heterocycles. The van der Waals surface area contributed by atoms with Gasteiger partial charge in [0, 0.05) is 0 Å². The van der Waals surface area contributed by atoms with Crippen LogP contribution >= 0.6 is 11.6 Å². The maximum Gasteiger partial charge on any atom is 0.349 e. The van der Waals surface area contributed by atoms with E-state index in [0.29, 0.717) is 16.5 Å². The molecule has 0 N–H and O–H groups in total. The molecule has 0 aliphatic rings. The van der Waals surface area contributed by atoms with Gasteiger partial charge >= 0.3 is 5.97 Å². The van der Waals surface area contributed by atoms with Gasteiger partial charge in [0.15, 0.2) is 6.61 Å². The van der Waals surface area contributed by atoms with Crippen LogP contribution in [0.15, 0.2) is 48.5 Å². The van der Waals surface area contributed by atoms with E-state index in [1.54, 1.807) is 30.3 Å². The van der Waals surface area contributed by atoms with Crippen LogP contribution in [-0.4, -0.2) is 12.6 Å². The minimum Gasteiger partial charge on any atom is -0.482 e. The van der Waals surface area contributed by atoms with E-state index in [-0.39, 0.29) is 6.61 Å². The normalized spacial score (nSPS) is 10.0. The Kier molecular flexibility index (Phi) is 4.42. The molecule has 98 valence electrons. The maximum atomic E-state index is 11.6. The Labute approximate surface area is 116 Å². The molecule has 2 aromatic carbocycles. The number of benzene rings is 2. The number of carbonyl (C=O) groups is 1. The molecule has 3 nitrogen and oxygen atoms in total. The summed E-state index contributed by atoms with van der Waals surface area (Å²) in [6.07, 6.45) is 0. The van der Waals surface area contributed by atoms with Crippen LogP contribution in [-0.2, 0) is 4.79 Å². The SMILES string of the molecule is Cc1ccccc1OCC(=O)Oc1ccccc1Cl. The summed E-state index contributed by atoms with van der Waals surface area (Å²) < 4.78 is 10.5. The number of ether oxygens (including phenoxy) is 2. The van der Waals surface area contributed by atoms with Gasteiger partial charge in [-0.1, -0.05) is 41.9 Å². The van der Waals surface area contributed by atoms with E-state index < -0.39 is 5.97 Å². The third-order valence-corrected chi connectivity index (χ3v) is 2.81. The van der Waals surface area contributed by atoms with E-state index in [1.165, 1.54) is 0 Å². The molecule has 0 bridgehead atoms. The fraction of sp³-hybridized carbons (Fsp3) is 0.133. The average molecular weight is 277 g/mol. The zero-order valence-corrected chi connectivity index (χ0v) is 11.2. The molecule has 0 amide bonds. The van der Waals surface area contributed by atoms with Crippen molar-refractivity contribution in [2.45, 2.75) is 6.92 Å². The number of carbonyl (C=O) groups excluding carboxylic acids is 1. The van der Waals surface area contributed by atoms with Crippen molar-refractivity contribution in [3.63, 3.8) is 0 Å². The first-order valence-electron chi connectivity index (χ1n) is 5.80. The van der Waals surface area contributed by atoms with E-state index >= 15 is 0 Å². The summed E-state index contributed by atoms with van der Waals surface area (Å²) in [5.74, 6) is 0.512. The highest BCUT2D eigenvalue weighted by atomic mass is 35.5. The van der Waals surface area contributed by atoms with Gasteiger partial charge in [-0.15, -0.1) is 0 Å². The van der Waals surface area contributed by atoms with Gasteiger partial charge in [0.25, 0.3) is 0 Å². The Morgan fingerprint density at radius 3 is 2.37 bits per heavy atom. The lowest BCUT2D eigenvalue weighted by Crippen LogP contribution is -2.18. The van der Waals surface area contributed by atoms with Crippen LogP contribution < -0.4 is 9.47 Å². The summed E-state index contributed by atoms with van der Waals surface area (Å²) in [7, 11) is 0. The van der Waals surface area contributed by atoms with Crippen LogP contribution in [0.5, 0.6) is 11.5 Å². The van der Waals surface area contributed by atoms with Crippen LogP contribution in [0.1, 0.15) is 5.56 Å². The average Bonchev–Trinajstić information content (AvgIpc) is 2.40. The summed E-state index contributed by atoms with van der Waals surface area (Å²) in [4.78, 5) is 11.6. The molecule has 0 fully saturated rings. The van der Waals surface area contributed by atoms with Crippen molar-refractivity contribution in [1.82, 2.24) is 0 Å². The molecule has 0 aliphatic heterocycles. The lowest BCUT2D eigenvalue weighted by molar-refractivity contribution is -0.136. The summed E-state index contributed by atoms with van der Waals surface area (Å²) in [6, 6.07) is 14.3. The molecular formula is C15H13ClO3. The van der Waals surface area contributed by atoms with Gasteiger partial charge in [-0.05, 0) is 30.7 Å². The molecule has 0 aromatic heterocycles. The largest absolute Gasteiger partial charge is 0.482 e. The van der Waals surface area contributed by atoms with Crippen LogP contribution in [0.3, 0.4) is 0 Å². The van der Waals surface area contributed by atoms with Crippen molar-refractivity contribution < 1.29 is 14.3 Å². The van der Waals surface area contributed by atoms with Crippen LogP contribution in [0.2, 0.25) is 5.02 Å². The molecule has 0 unspecified atom stereocenters. The van der Waals surface area contributed by atoms with Crippen LogP contribution in [0.25, 0.3) is 0 Å². The highest BCUT2D eigenvalue weighted by molar-refractivity contribution is 6.32. The van der Waals surface area contributed by atoms with E-state index in [2.05, 4.69) is 0 Å². The predicted molar refractivity (Wildman–Crippen MR) is 73.8 cm³/mol. The molecule has 19 heavy (non-hydrogen) atoms. The van der Waals surface area contributed by atoms with Gasteiger partial charge in [-0.2, -0.15) is 0 Å². The van der Waals surface area contributed by atoms with Crippen molar-refractivity contribution in [3.05, 3.63) is 59.1 Å². The number of para-hydroxylation sites is 2. The van der Waals surface area contributed by atoms with Gasteiger partial charge in [-0.3, -0.25) is 0 Å². The first-order chi connectivity index (χ1) is 9.16. The van der Waals surface area contributed by atoms with Crippen molar-refractivity contribution in [2.75, 3.05) is 6.61 Å². The van der Waals surface area contributed by atoms with Gasteiger partial charge in [-0.25, -0.2) is 4.79 Å². The second-order valence-electron chi connectivity index (χ2n) is 3.96. The molecule has 2 rings (SSSR count). The minimum absolute atomic E-state index is 0.157. The minimum atomic E-state index is -0.489. The van der Waals surface area contributed by atoms with E-state index in [1.807, 2.05) is 25.1 Å². The standard InChI is InChI=1S/C15H13ClO3/c1-11-6-2-4-8-13(11)18-10-15(17)19-14-9-5-3-7-12(14)16/h2-9H,10H2,1H3. The maximum absolute atomic E-state index is 11.6. The number of aryl methyl sites for hydroxylation is 1. The predicted octanol–water partition coefficient (Wildman–Crippen LogP) is 3.63. The molecule has 0 atom stereocenters. The van der Waals surface area contributed by atoms with Gasteiger partial charge in [0.05, 0.1) is 5.02 Å². The highest BCUT2D eigenvalue weighted by Gasteiger charge is 2.09. The van der Waals surface area contributed by atoms with E-state index in [4.69, 9.17) is 21.1 Å². The fourth-order valence-corrected chi connectivity index (χ4v) is 1.71. The number of rotatable bonds is 4. The van der Waals surface area contributed by atoms with Gasteiger partial charge in [0.1, 0.15) is 11.5 Å². The Bertz CT molecular complexity index is 581. The molecule has 2 aromatic rings. The second kappa shape index (κ2) is 6.25. The van der Waals surface area contributed by atoms with Crippen molar-refractivity contribution in [2.24, 2.45) is 0 Å². The van der Waals surface area contributed by atoms with Gasteiger partial charge in [0.2, 0.25) is 0 Å². The summed E-state index contributed by atoms with van der Waals surface area (Å²) in [5, 5.41) is 0.395. The number of esters is 1. The summed E-state index contributed by atoms with van der Waals surface area (Å²) >= 11 is 5.89. The third kappa shape index (κ3) is 3.73. The van der Waals surface area contributed by atoms with Crippen molar-refractivity contribution in [1.29, 1.82) is 0 Å². The second-order valence-corrected chi connectivity index (χ2v) is 4.37. The fourth-order valence-electron chi connectivity index (χ4n) is 1.53. The van der Waals surface area contributed by atoms with Crippen molar-refractivity contribution >= 4 is 17.6 Å².